The molecule has 2 aromatic carbocycles. The molecule has 4 rings (SSSR count). The number of aliphatic hydroxyl groups is 1. The van der Waals surface area contributed by atoms with E-state index in [0.29, 0.717) is 12.5 Å². The maximum atomic E-state index is 10.7. The maximum Gasteiger partial charge on any atom is 0.119 e. The van der Waals surface area contributed by atoms with E-state index in [9.17, 15) is 5.11 Å². The van der Waals surface area contributed by atoms with Gasteiger partial charge in [-0.25, -0.2) is 4.98 Å². The number of imidazole rings is 1. The molecule has 4 nitrogen and oxygen atoms in total. The van der Waals surface area contributed by atoms with Crippen molar-refractivity contribution < 1.29 is 9.84 Å². The van der Waals surface area contributed by atoms with Gasteiger partial charge in [0.25, 0.3) is 0 Å². The van der Waals surface area contributed by atoms with E-state index in [2.05, 4.69) is 35.8 Å². The van der Waals surface area contributed by atoms with Gasteiger partial charge < -0.3 is 14.4 Å². The highest BCUT2D eigenvalue weighted by molar-refractivity contribution is 5.85. The Morgan fingerprint density at radius 2 is 1.83 bits per heavy atom. The van der Waals surface area contributed by atoms with E-state index >= 15 is 0 Å². The molecule has 0 bridgehead atoms. The van der Waals surface area contributed by atoms with Gasteiger partial charge >= 0.3 is 0 Å². The lowest BCUT2D eigenvalue weighted by Gasteiger charge is -2.18. The summed E-state index contributed by atoms with van der Waals surface area (Å²) in [5, 5.41) is 10.7. The van der Waals surface area contributed by atoms with Crippen molar-refractivity contribution in [2.75, 3.05) is 6.61 Å². The fourth-order valence-corrected chi connectivity index (χ4v) is 4.28. The zero-order valence-electron chi connectivity index (χ0n) is 17.1. The van der Waals surface area contributed by atoms with Crippen molar-refractivity contribution in [2.45, 2.75) is 64.0 Å². The van der Waals surface area contributed by atoms with E-state index in [1.165, 1.54) is 31.2 Å². The number of ether oxygens (including phenoxy) is 1. The number of hydrogen-bond donors (Lipinski definition) is 1. The van der Waals surface area contributed by atoms with Crippen LogP contribution in [0.2, 0.25) is 0 Å². The topological polar surface area (TPSA) is 47.3 Å². The highest BCUT2D eigenvalue weighted by Crippen LogP contribution is 2.35. The number of halogens is 1. The summed E-state index contributed by atoms with van der Waals surface area (Å²) in [7, 11) is 0. The number of aromatic nitrogens is 2. The summed E-state index contributed by atoms with van der Waals surface area (Å²) in [6.45, 7) is 2.98. The minimum Gasteiger partial charge on any atom is -0.491 e. The predicted octanol–water partition coefficient (Wildman–Crippen LogP) is 5.51. The second kappa shape index (κ2) is 10.1. The van der Waals surface area contributed by atoms with E-state index < -0.39 is 6.10 Å². The molecule has 1 aromatic heterocycles. The first-order chi connectivity index (χ1) is 13.7. The third-order valence-corrected chi connectivity index (χ3v) is 5.70. The summed E-state index contributed by atoms with van der Waals surface area (Å²) in [6, 6.07) is 16.4. The van der Waals surface area contributed by atoms with E-state index in [0.717, 1.165) is 35.4 Å². The van der Waals surface area contributed by atoms with Crippen molar-refractivity contribution in [1.29, 1.82) is 0 Å². The first-order valence-electron chi connectivity index (χ1n) is 10.6. The SMILES string of the molecule is CCCc1ccc(OCC(O)Cn2c(C3CCCC3)nc3ccccc32)cc1.Cl. The van der Waals surface area contributed by atoms with Crippen molar-refractivity contribution in [3.05, 3.63) is 59.9 Å². The number of aryl methyl sites for hydroxylation is 1. The second-order valence-electron chi connectivity index (χ2n) is 7.91. The van der Waals surface area contributed by atoms with Crippen LogP contribution in [0.1, 0.15) is 56.3 Å². The van der Waals surface area contributed by atoms with Crippen LogP contribution < -0.4 is 4.74 Å². The molecule has 29 heavy (non-hydrogen) atoms. The van der Waals surface area contributed by atoms with Crippen molar-refractivity contribution in [3.8, 4) is 5.75 Å². The van der Waals surface area contributed by atoms with Crippen LogP contribution in [-0.2, 0) is 13.0 Å². The van der Waals surface area contributed by atoms with E-state index in [4.69, 9.17) is 9.72 Å². The van der Waals surface area contributed by atoms with Gasteiger partial charge in [-0.1, -0.05) is 50.5 Å². The van der Waals surface area contributed by atoms with Gasteiger partial charge in [0, 0.05) is 5.92 Å². The Kier molecular flexibility index (Phi) is 7.57. The molecule has 0 radical (unpaired) electrons. The fraction of sp³-hybridized carbons (Fsp3) is 0.458. The standard InChI is InChI=1S/C24H30N2O2.ClH/c1-2-7-18-12-14-21(15-13-18)28-17-20(27)16-26-23-11-6-5-10-22(23)25-24(26)19-8-3-4-9-19;/h5-6,10-15,19-20,27H,2-4,7-9,16-17H2,1H3;1H. The van der Waals surface area contributed by atoms with Crippen LogP contribution in [0, 0.1) is 0 Å². The highest BCUT2D eigenvalue weighted by atomic mass is 35.5. The van der Waals surface area contributed by atoms with E-state index in [1.54, 1.807) is 0 Å². The Bertz CT molecular complexity index is 901. The molecule has 5 heteroatoms. The van der Waals surface area contributed by atoms with Crippen LogP contribution in [0.3, 0.4) is 0 Å². The number of benzene rings is 2. The molecular formula is C24H31ClN2O2. The Hall–Kier alpha value is -2.04. The van der Waals surface area contributed by atoms with Gasteiger partial charge in [0.2, 0.25) is 0 Å². The maximum absolute atomic E-state index is 10.7. The van der Waals surface area contributed by atoms with Crippen LogP contribution in [0.5, 0.6) is 5.75 Å². The van der Waals surface area contributed by atoms with Crippen LogP contribution >= 0.6 is 12.4 Å². The quantitative estimate of drug-likeness (QED) is 0.528. The molecule has 3 aromatic rings. The van der Waals surface area contributed by atoms with E-state index in [-0.39, 0.29) is 19.0 Å². The lowest BCUT2D eigenvalue weighted by molar-refractivity contribution is 0.0924. The van der Waals surface area contributed by atoms with Crippen molar-refractivity contribution in [2.24, 2.45) is 0 Å². The number of hydrogen-bond acceptors (Lipinski definition) is 3. The first-order valence-corrected chi connectivity index (χ1v) is 10.6. The minimum atomic E-state index is -0.576. The molecule has 1 atom stereocenters. The highest BCUT2D eigenvalue weighted by Gasteiger charge is 2.24. The van der Waals surface area contributed by atoms with Gasteiger partial charge in [-0.15, -0.1) is 12.4 Å². The molecule has 1 fully saturated rings. The average molecular weight is 415 g/mol. The molecule has 0 aliphatic heterocycles. The number of para-hydroxylation sites is 2. The smallest absolute Gasteiger partial charge is 0.119 e. The summed E-state index contributed by atoms with van der Waals surface area (Å²) < 4.78 is 8.06. The van der Waals surface area contributed by atoms with Crippen LogP contribution in [0.15, 0.2) is 48.5 Å². The largest absolute Gasteiger partial charge is 0.491 e. The zero-order valence-corrected chi connectivity index (χ0v) is 17.9. The second-order valence-corrected chi connectivity index (χ2v) is 7.91. The predicted molar refractivity (Wildman–Crippen MR) is 120 cm³/mol. The van der Waals surface area contributed by atoms with Crippen LogP contribution in [0.4, 0.5) is 0 Å². The molecule has 0 saturated heterocycles. The lowest BCUT2D eigenvalue weighted by Crippen LogP contribution is -2.25. The van der Waals surface area contributed by atoms with Gasteiger partial charge in [-0.05, 0) is 49.1 Å². The van der Waals surface area contributed by atoms with Crippen LogP contribution in [-0.4, -0.2) is 27.4 Å². The molecule has 1 aliphatic rings. The Labute approximate surface area is 179 Å². The molecule has 1 heterocycles. The zero-order chi connectivity index (χ0) is 19.3. The molecule has 1 saturated carbocycles. The van der Waals surface area contributed by atoms with Gasteiger partial charge in [-0.3, -0.25) is 0 Å². The lowest BCUT2D eigenvalue weighted by atomic mass is 10.1. The summed E-state index contributed by atoms with van der Waals surface area (Å²) in [4.78, 5) is 4.90. The van der Waals surface area contributed by atoms with Crippen molar-refractivity contribution >= 4 is 23.4 Å². The molecule has 156 valence electrons. The van der Waals surface area contributed by atoms with Gasteiger partial charge in [0.1, 0.15) is 24.3 Å². The molecule has 1 N–H and O–H groups in total. The molecular weight excluding hydrogens is 384 g/mol. The normalized spacial score (nSPS) is 15.4. The Balaban J connectivity index is 0.00000240. The number of fused-ring (bicyclic) bond motifs is 1. The molecule has 1 unspecified atom stereocenters. The van der Waals surface area contributed by atoms with Crippen molar-refractivity contribution in [3.63, 3.8) is 0 Å². The third kappa shape index (κ3) is 5.12. The van der Waals surface area contributed by atoms with Crippen molar-refractivity contribution in [1.82, 2.24) is 9.55 Å². The molecule has 0 spiro atoms. The van der Waals surface area contributed by atoms with Crippen LogP contribution in [0.25, 0.3) is 11.0 Å². The minimum absolute atomic E-state index is 0. The fourth-order valence-electron chi connectivity index (χ4n) is 4.28. The summed E-state index contributed by atoms with van der Waals surface area (Å²) >= 11 is 0. The summed E-state index contributed by atoms with van der Waals surface area (Å²) in [5.74, 6) is 2.44. The Morgan fingerprint density at radius 3 is 2.55 bits per heavy atom. The number of aliphatic hydroxyl groups excluding tert-OH is 1. The first kappa shape index (κ1) is 21.7. The third-order valence-electron chi connectivity index (χ3n) is 5.70. The number of nitrogens with zero attached hydrogens (tertiary/aromatic N) is 2. The Morgan fingerprint density at radius 1 is 1.10 bits per heavy atom. The summed E-state index contributed by atoms with van der Waals surface area (Å²) in [5.41, 5.74) is 3.44. The number of rotatable bonds is 8. The molecule has 0 amide bonds. The monoisotopic (exact) mass is 414 g/mol. The molecule has 1 aliphatic carbocycles. The summed E-state index contributed by atoms with van der Waals surface area (Å²) in [6.07, 6.45) is 6.58. The van der Waals surface area contributed by atoms with E-state index in [1.807, 2.05) is 24.3 Å². The average Bonchev–Trinajstić information content (AvgIpc) is 3.36. The van der Waals surface area contributed by atoms with Gasteiger partial charge in [-0.2, -0.15) is 0 Å². The van der Waals surface area contributed by atoms with Gasteiger partial charge in [0.15, 0.2) is 0 Å². The van der Waals surface area contributed by atoms with Gasteiger partial charge in [0.05, 0.1) is 17.6 Å².